The first kappa shape index (κ1) is 20.2. The third-order valence-corrected chi connectivity index (χ3v) is 4.06. The fraction of sp³-hybridized carbons (Fsp3) is 0.733. The predicted molar refractivity (Wildman–Crippen MR) is 84.9 cm³/mol. The van der Waals surface area contributed by atoms with Gasteiger partial charge in [0.25, 0.3) is 0 Å². The summed E-state index contributed by atoms with van der Waals surface area (Å²) in [6.07, 6.45) is 2.24. The van der Waals surface area contributed by atoms with Crippen LogP contribution in [0, 0.1) is 0 Å². The van der Waals surface area contributed by atoms with Crippen molar-refractivity contribution in [2.24, 2.45) is 0 Å². The Hall–Kier alpha value is -1.84. The highest BCUT2D eigenvalue weighted by atomic mass is 16.4. The SMILES string of the molecule is O=CCCC(C=O)N1CCN(CC(=O)O)CCN(CC(=O)O)CC1. The number of aliphatic carboxylic acids is 2. The van der Waals surface area contributed by atoms with Gasteiger partial charge in [-0.25, -0.2) is 0 Å². The number of carbonyl (C=O) groups is 4. The van der Waals surface area contributed by atoms with Crippen LogP contribution in [0.25, 0.3) is 0 Å². The lowest BCUT2D eigenvalue weighted by molar-refractivity contribution is -0.140. The highest BCUT2D eigenvalue weighted by molar-refractivity contribution is 5.69. The number of carbonyl (C=O) groups excluding carboxylic acids is 2. The molecule has 1 atom stereocenters. The van der Waals surface area contributed by atoms with Gasteiger partial charge in [-0.15, -0.1) is 0 Å². The van der Waals surface area contributed by atoms with Crippen LogP contribution in [0.5, 0.6) is 0 Å². The first-order chi connectivity index (χ1) is 11.5. The highest BCUT2D eigenvalue weighted by Crippen LogP contribution is 2.08. The molecule has 0 bridgehead atoms. The molecule has 2 N–H and O–H groups in total. The zero-order valence-corrected chi connectivity index (χ0v) is 13.7. The fourth-order valence-corrected chi connectivity index (χ4v) is 2.76. The van der Waals surface area contributed by atoms with Crippen LogP contribution in [-0.2, 0) is 19.2 Å². The second-order valence-electron chi connectivity index (χ2n) is 5.82. The topological polar surface area (TPSA) is 118 Å². The zero-order chi connectivity index (χ0) is 17.9. The van der Waals surface area contributed by atoms with Crippen LogP contribution in [0.4, 0.5) is 0 Å². The normalized spacial score (nSPS) is 19.7. The van der Waals surface area contributed by atoms with E-state index in [2.05, 4.69) is 0 Å². The summed E-state index contributed by atoms with van der Waals surface area (Å²) in [4.78, 5) is 49.2. The molecule has 0 spiro atoms. The van der Waals surface area contributed by atoms with Crippen molar-refractivity contribution in [2.75, 3.05) is 52.4 Å². The molecule has 0 aromatic carbocycles. The average Bonchev–Trinajstić information content (AvgIpc) is 2.60. The van der Waals surface area contributed by atoms with E-state index in [0.29, 0.717) is 45.7 Å². The smallest absolute Gasteiger partial charge is 0.317 e. The third-order valence-electron chi connectivity index (χ3n) is 4.06. The first-order valence-corrected chi connectivity index (χ1v) is 7.97. The number of hydrogen-bond acceptors (Lipinski definition) is 7. The van der Waals surface area contributed by atoms with Crippen LogP contribution < -0.4 is 0 Å². The minimum absolute atomic E-state index is 0.130. The molecule has 9 heteroatoms. The molecule has 0 amide bonds. The Bertz CT molecular complexity index is 417. The molecule has 24 heavy (non-hydrogen) atoms. The van der Waals surface area contributed by atoms with Crippen molar-refractivity contribution < 1.29 is 29.4 Å². The monoisotopic (exact) mass is 343 g/mol. The van der Waals surface area contributed by atoms with Gasteiger partial charge < -0.3 is 19.8 Å². The van der Waals surface area contributed by atoms with Crippen molar-refractivity contribution in [3.63, 3.8) is 0 Å². The molecule has 1 heterocycles. The molecule has 0 saturated carbocycles. The summed E-state index contributed by atoms with van der Waals surface area (Å²) in [5, 5.41) is 18.0. The summed E-state index contributed by atoms with van der Waals surface area (Å²) in [6.45, 7) is 2.58. The number of hydrogen-bond donors (Lipinski definition) is 2. The number of aldehydes is 2. The molecular weight excluding hydrogens is 318 g/mol. The Labute approximate surface area is 140 Å². The van der Waals surface area contributed by atoms with E-state index in [0.717, 1.165) is 12.6 Å². The van der Waals surface area contributed by atoms with E-state index >= 15 is 0 Å². The van der Waals surface area contributed by atoms with Crippen molar-refractivity contribution in [2.45, 2.75) is 18.9 Å². The van der Waals surface area contributed by atoms with Gasteiger partial charge in [-0.2, -0.15) is 0 Å². The fourth-order valence-electron chi connectivity index (χ4n) is 2.76. The van der Waals surface area contributed by atoms with Gasteiger partial charge in [0.2, 0.25) is 0 Å². The Balaban J connectivity index is 2.80. The number of rotatable bonds is 9. The molecule has 0 aliphatic carbocycles. The molecule has 1 unspecified atom stereocenters. The summed E-state index contributed by atoms with van der Waals surface area (Å²) in [6, 6.07) is -0.424. The standard InChI is InChI=1S/C15H25N3O6/c19-9-1-2-13(12-20)18-7-5-16(10-14(21)22)3-4-17(6-8-18)11-15(23)24/h9,12-13H,1-8,10-11H2,(H,21,22)(H,23,24). The lowest BCUT2D eigenvalue weighted by Gasteiger charge is -2.29. The summed E-state index contributed by atoms with van der Waals surface area (Å²) >= 11 is 0. The van der Waals surface area contributed by atoms with Crippen molar-refractivity contribution in [1.82, 2.24) is 14.7 Å². The van der Waals surface area contributed by atoms with Crippen molar-refractivity contribution in [3.05, 3.63) is 0 Å². The molecule has 1 rings (SSSR count). The van der Waals surface area contributed by atoms with E-state index < -0.39 is 18.0 Å². The van der Waals surface area contributed by atoms with Gasteiger partial charge in [0, 0.05) is 45.7 Å². The molecule has 9 nitrogen and oxygen atoms in total. The second-order valence-corrected chi connectivity index (χ2v) is 5.82. The summed E-state index contributed by atoms with van der Waals surface area (Å²) < 4.78 is 0. The predicted octanol–water partition coefficient (Wildman–Crippen LogP) is -1.38. The summed E-state index contributed by atoms with van der Waals surface area (Å²) in [7, 11) is 0. The van der Waals surface area contributed by atoms with Crippen LogP contribution in [0.2, 0.25) is 0 Å². The Morgan fingerprint density at radius 1 is 0.875 bits per heavy atom. The largest absolute Gasteiger partial charge is 0.480 e. The maximum Gasteiger partial charge on any atom is 0.317 e. The molecule has 0 aromatic rings. The van der Waals surface area contributed by atoms with Gasteiger partial charge in [0.15, 0.2) is 0 Å². The molecule has 1 aliphatic heterocycles. The average molecular weight is 343 g/mol. The Morgan fingerprint density at radius 3 is 1.71 bits per heavy atom. The van der Waals surface area contributed by atoms with Crippen LogP contribution in [0.1, 0.15) is 12.8 Å². The van der Waals surface area contributed by atoms with E-state index in [1.807, 2.05) is 4.90 Å². The minimum atomic E-state index is -0.946. The number of nitrogens with zero attached hydrogens (tertiary/aromatic N) is 3. The zero-order valence-electron chi connectivity index (χ0n) is 13.7. The molecule has 0 aromatic heterocycles. The number of carboxylic acid groups (broad SMARTS) is 2. The van der Waals surface area contributed by atoms with Gasteiger partial charge in [-0.3, -0.25) is 24.3 Å². The van der Waals surface area contributed by atoms with Gasteiger partial charge in [0.05, 0.1) is 19.1 Å². The molecule has 1 saturated heterocycles. The lowest BCUT2D eigenvalue weighted by atomic mass is 10.1. The Kier molecular flexibility index (Phi) is 9.13. The minimum Gasteiger partial charge on any atom is -0.480 e. The van der Waals surface area contributed by atoms with E-state index in [4.69, 9.17) is 10.2 Å². The Morgan fingerprint density at radius 2 is 1.33 bits per heavy atom. The molecule has 136 valence electrons. The van der Waals surface area contributed by atoms with Gasteiger partial charge in [-0.1, -0.05) is 0 Å². The molecule has 0 radical (unpaired) electrons. The first-order valence-electron chi connectivity index (χ1n) is 7.97. The van der Waals surface area contributed by atoms with Crippen LogP contribution in [-0.4, -0.2) is 108 Å². The summed E-state index contributed by atoms with van der Waals surface area (Å²) in [5.74, 6) is -1.89. The lowest BCUT2D eigenvalue weighted by Crippen LogP contribution is -2.44. The maximum absolute atomic E-state index is 11.3. The summed E-state index contributed by atoms with van der Waals surface area (Å²) in [5.41, 5.74) is 0. The molecular formula is C15H25N3O6. The quantitative estimate of drug-likeness (QED) is 0.488. The van der Waals surface area contributed by atoms with E-state index in [1.165, 1.54) is 0 Å². The van der Waals surface area contributed by atoms with E-state index in [-0.39, 0.29) is 19.5 Å². The number of carboxylic acids is 2. The van der Waals surface area contributed by atoms with Crippen molar-refractivity contribution >= 4 is 24.5 Å². The van der Waals surface area contributed by atoms with Gasteiger partial charge in [-0.05, 0) is 6.42 Å². The maximum atomic E-state index is 11.3. The van der Waals surface area contributed by atoms with Crippen molar-refractivity contribution in [1.29, 1.82) is 0 Å². The third kappa shape index (κ3) is 7.62. The second kappa shape index (κ2) is 10.8. The van der Waals surface area contributed by atoms with Crippen molar-refractivity contribution in [3.8, 4) is 0 Å². The van der Waals surface area contributed by atoms with Crippen LogP contribution in [0.3, 0.4) is 0 Å². The van der Waals surface area contributed by atoms with Gasteiger partial charge >= 0.3 is 11.9 Å². The molecule has 1 aliphatic rings. The van der Waals surface area contributed by atoms with Crippen LogP contribution in [0.15, 0.2) is 0 Å². The molecule has 1 fully saturated rings. The van der Waals surface area contributed by atoms with Gasteiger partial charge in [0.1, 0.15) is 12.6 Å². The highest BCUT2D eigenvalue weighted by Gasteiger charge is 2.23. The van der Waals surface area contributed by atoms with E-state index in [1.54, 1.807) is 9.80 Å². The van der Waals surface area contributed by atoms with E-state index in [9.17, 15) is 19.2 Å². The van der Waals surface area contributed by atoms with Crippen LogP contribution >= 0.6 is 0 Å².